The van der Waals surface area contributed by atoms with Gasteiger partial charge in [-0.15, -0.1) is 0 Å². The number of carbonyl (C=O) groups excluding carboxylic acids is 2. The van der Waals surface area contributed by atoms with Crippen molar-refractivity contribution in [2.75, 3.05) is 13.1 Å². The fourth-order valence-electron chi connectivity index (χ4n) is 1.46. The molecule has 2 N–H and O–H groups in total. The zero-order valence-corrected chi connectivity index (χ0v) is 11.4. The Morgan fingerprint density at radius 2 is 2.15 bits per heavy atom. The van der Waals surface area contributed by atoms with Crippen molar-refractivity contribution in [1.82, 2.24) is 15.6 Å². The first-order chi connectivity index (χ1) is 9.47. The molecule has 1 aromatic heterocycles. The van der Waals surface area contributed by atoms with E-state index in [2.05, 4.69) is 15.6 Å². The van der Waals surface area contributed by atoms with Gasteiger partial charge in [-0.3, -0.25) is 19.7 Å². The molecule has 0 atom stereocenters. The van der Waals surface area contributed by atoms with E-state index < -0.39 is 16.5 Å². The summed E-state index contributed by atoms with van der Waals surface area (Å²) in [5.74, 6) is -0.889. The summed E-state index contributed by atoms with van der Waals surface area (Å²) >= 11 is 5.60. The number of nitro groups is 1. The molecule has 0 aliphatic rings. The van der Waals surface area contributed by atoms with Gasteiger partial charge < -0.3 is 10.6 Å². The number of hydrogen-bond acceptors (Lipinski definition) is 5. The van der Waals surface area contributed by atoms with Crippen molar-refractivity contribution in [3.8, 4) is 0 Å². The van der Waals surface area contributed by atoms with Gasteiger partial charge >= 0.3 is 5.69 Å². The number of nitrogens with one attached hydrogen (secondary N) is 2. The molecular weight excluding hydrogens is 288 g/mol. The number of hydrogen-bond donors (Lipinski definition) is 2. The van der Waals surface area contributed by atoms with Gasteiger partial charge in [-0.1, -0.05) is 11.6 Å². The predicted octanol–water partition coefficient (Wildman–Crippen LogP) is 0.899. The highest BCUT2D eigenvalue weighted by molar-refractivity contribution is 6.32. The van der Waals surface area contributed by atoms with Crippen LogP contribution in [0.1, 0.15) is 23.7 Å². The van der Waals surface area contributed by atoms with Crippen LogP contribution in [-0.2, 0) is 4.79 Å². The Hall–Kier alpha value is -2.22. The van der Waals surface area contributed by atoms with Crippen LogP contribution in [0.5, 0.6) is 0 Å². The molecule has 0 saturated heterocycles. The maximum Gasteiger partial charge on any atom is 0.319 e. The lowest BCUT2D eigenvalue weighted by Crippen LogP contribution is -2.31. The van der Waals surface area contributed by atoms with Gasteiger partial charge in [-0.2, -0.15) is 0 Å². The predicted molar refractivity (Wildman–Crippen MR) is 71.5 cm³/mol. The number of halogens is 1. The van der Waals surface area contributed by atoms with Crippen molar-refractivity contribution in [2.45, 2.75) is 13.3 Å². The molecule has 0 unspecified atom stereocenters. The summed E-state index contributed by atoms with van der Waals surface area (Å²) < 4.78 is 0. The molecule has 0 spiro atoms. The second kappa shape index (κ2) is 7.39. The topological polar surface area (TPSA) is 114 Å². The van der Waals surface area contributed by atoms with Crippen LogP contribution in [0.2, 0.25) is 5.15 Å². The first-order valence-electron chi connectivity index (χ1n) is 5.81. The van der Waals surface area contributed by atoms with E-state index in [1.807, 2.05) is 0 Å². The van der Waals surface area contributed by atoms with Crippen molar-refractivity contribution >= 4 is 29.1 Å². The SMILES string of the molecule is CCNC(=O)CCNC(=O)c1ccnc(Cl)c1[N+](=O)[O-]. The number of amides is 2. The highest BCUT2D eigenvalue weighted by Gasteiger charge is 2.24. The highest BCUT2D eigenvalue weighted by Crippen LogP contribution is 2.25. The van der Waals surface area contributed by atoms with E-state index in [9.17, 15) is 19.7 Å². The number of pyridine rings is 1. The first-order valence-corrected chi connectivity index (χ1v) is 6.19. The van der Waals surface area contributed by atoms with Gasteiger partial charge in [0, 0.05) is 25.7 Å². The average Bonchev–Trinajstić information content (AvgIpc) is 2.38. The summed E-state index contributed by atoms with van der Waals surface area (Å²) in [7, 11) is 0. The van der Waals surface area contributed by atoms with Crippen molar-refractivity contribution < 1.29 is 14.5 Å². The molecule has 0 aromatic carbocycles. The fraction of sp³-hybridized carbons (Fsp3) is 0.364. The number of carbonyl (C=O) groups is 2. The van der Waals surface area contributed by atoms with Crippen LogP contribution >= 0.6 is 11.6 Å². The standard InChI is InChI=1S/C11H13ClN4O4/c1-2-13-8(17)4-6-15-11(18)7-3-5-14-10(12)9(7)16(19)20/h3,5H,2,4,6H2,1H3,(H,13,17)(H,15,18). The Morgan fingerprint density at radius 1 is 1.45 bits per heavy atom. The van der Waals surface area contributed by atoms with Crippen LogP contribution in [0.3, 0.4) is 0 Å². The summed E-state index contributed by atoms with van der Waals surface area (Å²) in [6, 6.07) is 1.20. The minimum absolute atomic E-state index is 0.0712. The Kier molecular flexibility index (Phi) is 5.85. The number of aromatic nitrogens is 1. The van der Waals surface area contributed by atoms with Gasteiger partial charge in [0.1, 0.15) is 5.56 Å². The van der Waals surface area contributed by atoms with E-state index in [1.165, 1.54) is 12.3 Å². The quantitative estimate of drug-likeness (QED) is 0.460. The molecule has 20 heavy (non-hydrogen) atoms. The van der Waals surface area contributed by atoms with Crippen LogP contribution in [0.4, 0.5) is 5.69 Å². The highest BCUT2D eigenvalue weighted by atomic mass is 35.5. The zero-order valence-electron chi connectivity index (χ0n) is 10.7. The Morgan fingerprint density at radius 3 is 2.75 bits per heavy atom. The lowest BCUT2D eigenvalue weighted by Gasteiger charge is -2.06. The zero-order chi connectivity index (χ0) is 15.1. The Bertz CT molecular complexity index is 535. The molecule has 0 aliphatic carbocycles. The van der Waals surface area contributed by atoms with Gasteiger partial charge in [0.25, 0.3) is 5.91 Å². The average molecular weight is 301 g/mol. The molecule has 9 heteroatoms. The molecule has 0 fully saturated rings. The lowest BCUT2D eigenvalue weighted by atomic mass is 10.2. The van der Waals surface area contributed by atoms with Crippen molar-refractivity contribution in [2.24, 2.45) is 0 Å². The third-order valence-electron chi connectivity index (χ3n) is 2.32. The number of nitrogens with zero attached hydrogens (tertiary/aromatic N) is 2. The Balaban J connectivity index is 2.71. The maximum absolute atomic E-state index is 11.8. The minimum atomic E-state index is -0.770. The molecule has 2 amide bonds. The van der Waals surface area contributed by atoms with Crippen LogP contribution < -0.4 is 10.6 Å². The molecule has 1 heterocycles. The minimum Gasteiger partial charge on any atom is -0.356 e. The summed E-state index contributed by atoms with van der Waals surface area (Å²) in [6.07, 6.45) is 1.29. The van der Waals surface area contributed by atoms with Crippen LogP contribution in [0, 0.1) is 10.1 Å². The van der Waals surface area contributed by atoms with Gasteiger partial charge in [0.05, 0.1) is 4.92 Å². The van der Waals surface area contributed by atoms with Crippen LogP contribution in [0.25, 0.3) is 0 Å². The Labute approximate surface area is 119 Å². The summed E-state index contributed by atoms with van der Waals surface area (Å²) in [5, 5.41) is 15.5. The van der Waals surface area contributed by atoms with Gasteiger partial charge in [0.2, 0.25) is 11.1 Å². The summed E-state index contributed by atoms with van der Waals surface area (Å²) in [4.78, 5) is 36.7. The van der Waals surface area contributed by atoms with Gasteiger partial charge in [-0.05, 0) is 13.0 Å². The molecule has 108 valence electrons. The molecule has 1 rings (SSSR count). The van der Waals surface area contributed by atoms with E-state index >= 15 is 0 Å². The van der Waals surface area contributed by atoms with Gasteiger partial charge in [0.15, 0.2) is 0 Å². The monoisotopic (exact) mass is 300 g/mol. The summed E-state index contributed by atoms with van der Waals surface area (Å²) in [5.41, 5.74) is -0.740. The largest absolute Gasteiger partial charge is 0.356 e. The van der Waals surface area contributed by atoms with Crippen molar-refractivity contribution in [3.63, 3.8) is 0 Å². The second-order valence-electron chi connectivity index (χ2n) is 3.71. The lowest BCUT2D eigenvalue weighted by molar-refractivity contribution is -0.385. The molecule has 1 aromatic rings. The first kappa shape index (κ1) is 15.8. The molecule has 0 saturated carbocycles. The van der Waals surface area contributed by atoms with Crippen LogP contribution in [-0.4, -0.2) is 34.8 Å². The van der Waals surface area contributed by atoms with E-state index in [-0.39, 0.29) is 29.6 Å². The molecule has 8 nitrogen and oxygen atoms in total. The fourth-order valence-corrected chi connectivity index (χ4v) is 1.68. The smallest absolute Gasteiger partial charge is 0.319 e. The van der Waals surface area contributed by atoms with Crippen molar-refractivity contribution in [1.29, 1.82) is 0 Å². The van der Waals surface area contributed by atoms with E-state index in [4.69, 9.17) is 11.6 Å². The van der Waals surface area contributed by atoms with E-state index in [1.54, 1.807) is 6.92 Å². The maximum atomic E-state index is 11.8. The third kappa shape index (κ3) is 4.16. The second-order valence-corrected chi connectivity index (χ2v) is 4.07. The molecule has 0 bridgehead atoms. The van der Waals surface area contributed by atoms with E-state index in [0.29, 0.717) is 6.54 Å². The normalized spacial score (nSPS) is 9.90. The molecule has 0 radical (unpaired) electrons. The molecular formula is C11H13ClN4O4. The van der Waals surface area contributed by atoms with E-state index in [0.717, 1.165) is 0 Å². The molecule has 0 aliphatic heterocycles. The van der Waals surface area contributed by atoms with Gasteiger partial charge in [-0.25, -0.2) is 4.98 Å². The third-order valence-corrected chi connectivity index (χ3v) is 2.59. The van der Waals surface area contributed by atoms with Crippen LogP contribution in [0.15, 0.2) is 12.3 Å². The summed E-state index contributed by atoms with van der Waals surface area (Å²) in [6.45, 7) is 2.35. The van der Waals surface area contributed by atoms with Crippen molar-refractivity contribution in [3.05, 3.63) is 33.1 Å². The number of rotatable bonds is 6.